The summed E-state index contributed by atoms with van der Waals surface area (Å²) in [6.45, 7) is 4.67. The first-order chi connectivity index (χ1) is 9.99. The Hall–Kier alpha value is -2.04. The van der Waals surface area contributed by atoms with E-state index < -0.39 is 0 Å². The number of rotatable bonds is 5. The van der Waals surface area contributed by atoms with Crippen LogP contribution in [0.5, 0.6) is 5.75 Å². The van der Waals surface area contributed by atoms with Crippen LogP contribution in [0.4, 0.5) is 5.69 Å². The molecule has 2 rings (SSSR count). The summed E-state index contributed by atoms with van der Waals surface area (Å²) < 4.78 is 5.55. The minimum Gasteiger partial charge on any atom is -0.484 e. The summed E-state index contributed by atoms with van der Waals surface area (Å²) in [5.74, 6) is 0.688. The summed E-state index contributed by atoms with van der Waals surface area (Å²) in [7, 11) is 1.76. The van der Waals surface area contributed by atoms with Crippen LogP contribution < -0.4 is 9.64 Å². The fourth-order valence-corrected chi connectivity index (χ4v) is 2.20. The lowest BCUT2D eigenvalue weighted by atomic mass is 10.3. The van der Waals surface area contributed by atoms with Gasteiger partial charge >= 0.3 is 0 Å². The molecule has 1 fully saturated rings. The number of nitrogens with zero attached hydrogens (tertiary/aromatic N) is 2. The van der Waals surface area contributed by atoms with Crippen LogP contribution in [0.15, 0.2) is 24.3 Å². The van der Waals surface area contributed by atoms with Crippen molar-refractivity contribution in [2.45, 2.75) is 32.7 Å². The minimum absolute atomic E-state index is 0.00603. The van der Waals surface area contributed by atoms with Crippen LogP contribution >= 0.6 is 0 Å². The SMILES string of the molecule is CC(C)N(C)C(=O)COc1cccc(N2CCCC2=O)c1. The van der Waals surface area contributed by atoms with Gasteiger partial charge in [0, 0.05) is 37.8 Å². The van der Waals surface area contributed by atoms with Crippen LogP contribution in [0.25, 0.3) is 0 Å². The molecule has 1 aliphatic rings. The topological polar surface area (TPSA) is 49.9 Å². The molecule has 1 heterocycles. The molecule has 21 heavy (non-hydrogen) atoms. The van der Waals surface area contributed by atoms with Crippen molar-refractivity contribution in [3.63, 3.8) is 0 Å². The molecule has 0 N–H and O–H groups in total. The summed E-state index contributed by atoms with van der Waals surface area (Å²) in [6.07, 6.45) is 1.49. The number of ether oxygens (including phenoxy) is 1. The summed E-state index contributed by atoms with van der Waals surface area (Å²) in [4.78, 5) is 27.0. The van der Waals surface area contributed by atoms with Gasteiger partial charge in [-0.05, 0) is 32.4 Å². The molecular weight excluding hydrogens is 268 g/mol. The summed E-state index contributed by atoms with van der Waals surface area (Å²) >= 11 is 0. The molecule has 1 saturated heterocycles. The summed E-state index contributed by atoms with van der Waals surface area (Å²) in [5, 5.41) is 0. The molecule has 0 unspecified atom stereocenters. The molecule has 0 bridgehead atoms. The highest BCUT2D eigenvalue weighted by Crippen LogP contribution is 2.25. The predicted molar refractivity (Wildman–Crippen MR) is 81.4 cm³/mol. The molecule has 5 heteroatoms. The Morgan fingerprint density at radius 3 is 2.81 bits per heavy atom. The monoisotopic (exact) mass is 290 g/mol. The van der Waals surface area contributed by atoms with Crippen molar-refractivity contribution in [1.29, 1.82) is 0 Å². The second-order valence-corrected chi connectivity index (χ2v) is 5.53. The molecule has 0 radical (unpaired) electrons. The highest BCUT2D eigenvalue weighted by Gasteiger charge is 2.22. The van der Waals surface area contributed by atoms with E-state index in [1.165, 1.54) is 0 Å². The van der Waals surface area contributed by atoms with E-state index >= 15 is 0 Å². The number of hydrogen-bond donors (Lipinski definition) is 0. The highest BCUT2D eigenvalue weighted by molar-refractivity contribution is 5.95. The molecule has 1 aliphatic heterocycles. The number of amides is 2. The largest absolute Gasteiger partial charge is 0.484 e. The number of carbonyl (C=O) groups excluding carboxylic acids is 2. The maximum absolute atomic E-state index is 11.9. The Bertz CT molecular complexity index is 528. The van der Waals surface area contributed by atoms with Crippen molar-refractivity contribution in [2.75, 3.05) is 25.1 Å². The van der Waals surface area contributed by atoms with Crippen molar-refractivity contribution in [3.8, 4) is 5.75 Å². The Kier molecular flexibility index (Phi) is 4.83. The fraction of sp³-hybridized carbons (Fsp3) is 0.500. The van der Waals surface area contributed by atoms with Crippen LogP contribution in [-0.2, 0) is 9.59 Å². The van der Waals surface area contributed by atoms with Gasteiger partial charge in [-0.25, -0.2) is 0 Å². The molecule has 5 nitrogen and oxygen atoms in total. The first-order valence-electron chi connectivity index (χ1n) is 7.28. The number of benzene rings is 1. The average Bonchev–Trinajstić information content (AvgIpc) is 2.90. The van der Waals surface area contributed by atoms with Gasteiger partial charge < -0.3 is 14.5 Å². The maximum Gasteiger partial charge on any atom is 0.260 e. The third kappa shape index (κ3) is 3.74. The molecule has 1 aromatic carbocycles. The van der Waals surface area contributed by atoms with Crippen LogP contribution in [-0.4, -0.2) is 43.0 Å². The normalized spacial score (nSPS) is 14.7. The van der Waals surface area contributed by atoms with Gasteiger partial charge in [0.25, 0.3) is 5.91 Å². The maximum atomic E-state index is 11.9. The molecule has 114 valence electrons. The van der Waals surface area contributed by atoms with Crippen LogP contribution in [0.3, 0.4) is 0 Å². The van der Waals surface area contributed by atoms with Gasteiger partial charge in [-0.3, -0.25) is 9.59 Å². The lowest BCUT2D eigenvalue weighted by molar-refractivity contribution is -0.133. The standard InChI is InChI=1S/C16H22N2O3/c1-12(2)17(3)16(20)11-21-14-7-4-6-13(10-14)18-9-5-8-15(18)19/h4,6-7,10,12H,5,8-9,11H2,1-3H3. The van der Waals surface area contributed by atoms with E-state index in [9.17, 15) is 9.59 Å². The van der Waals surface area contributed by atoms with E-state index in [0.717, 1.165) is 18.7 Å². The van der Waals surface area contributed by atoms with Gasteiger partial charge in [0.2, 0.25) is 5.91 Å². The van der Waals surface area contributed by atoms with E-state index in [4.69, 9.17) is 4.74 Å². The molecule has 1 aromatic rings. The molecule has 0 aliphatic carbocycles. The predicted octanol–water partition coefficient (Wildman–Crippen LogP) is 2.06. The smallest absolute Gasteiger partial charge is 0.260 e. The lowest BCUT2D eigenvalue weighted by Gasteiger charge is -2.21. The highest BCUT2D eigenvalue weighted by atomic mass is 16.5. The first kappa shape index (κ1) is 15.4. The Balaban J connectivity index is 1.98. The van der Waals surface area contributed by atoms with E-state index in [1.807, 2.05) is 32.0 Å². The van der Waals surface area contributed by atoms with Crippen molar-refractivity contribution >= 4 is 17.5 Å². The molecule has 0 atom stereocenters. The lowest BCUT2D eigenvalue weighted by Crippen LogP contribution is -2.36. The van der Waals surface area contributed by atoms with Crippen LogP contribution in [0.2, 0.25) is 0 Å². The number of hydrogen-bond acceptors (Lipinski definition) is 3. The number of likely N-dealkylation sites (N-methyl/N-ethyl adjacent to an activating group) is 1. The first-order valence-corrected chi connectivity index (χ1v) is 7.28. The molecule has 0 aromatic heterocycles. The zero-order valence-electron chi connectivity index (χ0n) is 12.8. The molecule has 0 saturated carbocycles. The molecule has 0 spiro atoms. The van der Waals surface area contributed by atoms with E-state index in [-0.39, 0.29) is 24.5 Å². The third-order valence-corrected chi connectivity index (χ3v) is 3.73. The second-order valence-electron chi connectivity index (χ2n) is 5.53. The summed E-state index contributed by atoms with van der Waals surface area (Å²) in [5.41, 5.74) is 0.833. The van der Waals surface area contributed by atoms with Gasteiger partial charge in [-0.1, -0.05) is 6.07 Å². The minimum atomic E-state index is -0.0624. The Labute approximate surface area is 125 Å². The second kappa shape index (κ2) is 6.61. The third-order valence-electron chi connectivity index (χ3n) is 3.73. The zero-order valence-corrected chi connectivity index (χ0v) is 12.8. The van der Waals surface area contributed by atoms with Crippen molar-refractivity contribution in [1.82, 2.24) is 4.90 Å². The van der Waals surface area contributed by atoms with Gasteiger partial charge in [0.15, 0.2) is 6.61 Å². The van der Waals surface area contributed by atoms with E-state index in [0.29, 0.717) is 12.2 Å². The Morgan fingerprint density at radius 2 is 2.19 bits per heavy atom. The van der Waals surface area contributed by atoms with E-state index in [1.54, 1.807) is 22.9 Å². The van der Waals surface area contributed by atoms with Crippen LogP contribution in [0, 0.1) is 0 Å². The van der Waals surface area contributed by atoms with Crippen molar-refractivity contribution in [3.05, 3.63) is 24.3 Å². The number of carbonyl (C=O) groups is 2. The van der Waals surface area contributed by atoms with E-state index in [2.05, 4.69) is 0 Å². The zero-order chi connectivity index (χ0) is 15.4. The Morgan fingerprint density at radius 1 is 1.43 bits per heavy atom. The van der Waals surface area contributed by atoms with Gasteiger partial charge in [-0.15, -0.1) is 0 Å². The summed E-state index contributed by atoms with van der Waals surface area (Å²) in [6, 6.07) is 7.48. The molecular formula is C16H22N2O3. The van der Waals surface area contributed by atoms with Crippen molar-refractivity contribution in [2.24, 2.45) is 0 Å². The van der Waals surface area contributed by atoms with Crippen molar-refractivity contribution < 1.29 is 14.3 Å². The van der Waals surface area contributed by atoms with Gasteiger partial charge in [-0.2, -0.15) is 0 Å². The average molecular weight is 290 g/mol. The van der Waals surface area contributed by atoms with Crippen LogP contribution in [0.1, 0.15) is 26.7 Å². The quantitative estimate of drug-likeness (QED) is 0.834. The van der Waals surface area contributed by atoms with Gasteiger partial charge in [0.05, 0.1) is 0 Å². The number of anilines is 1. The molecule has 2 amide bonds. The fourth-order valence-electron chi connectivity index (χ4n) is 2.20. The van der Waals surface area contributed by atoms with Gasteiger partial charge in [0.1, 0.15) is 5.75 Å².